The molecule has 0 atom stereocenters. The van der Waals surface area contributed by atoms with Crippen LogP contribution >= 0.6 is 22.9 Å². The SMILES string of the molecule is O=C(c1cnc(N2CCC(c3nc4ccccc4s3)CC2)c(Cl)c1)N1CCCCC1. The number of hydrogen-bond acceptors (Lipinski definition) is 5. The van der Waals surface area contributed by atoms with Gasteiger partial charge < -0.3 is 9.80 Å². The van der Waals surface area contributed by atoms with E-state index in [4.69, 9.17) is 16.6 Å². The summed E-state index contributed by atoms with van der Waals surface area (Å²) in [6.45, 7) is 3.45. The minimum absolute atomic E-state index is 0.0465. The first kappa shape index (κ1) is 19.8. The summed E-state index contributed by atoms with van der Waals surface area (Å²) in [5.74, 6) is 1.32. The first-order valence-corrected chi connectivity index (χ1v) is 11.9. The molecule has 0 radical (unpaired) electrons. The van der Waals surface area contributed by atoms with Gasteiger partial charge in [0.15, 0.2) is 0 Å². The second-order valence-electron chi connectivity index (χ2n) is 8.16. The number of pyridine rings is 1. The van der Waals surface area contributed by atoms with Gasteiger partial charge in [0.05, 0.1) is 25.8 Å². The normalized spacial score (nSPS) is 18.2. The minimum atomic E-state index is 0.0465. The lowest BCUT2D eigenvalue weighted by Gasteiger charge is -2.32. The molecule has 1 amide bonds. The summed E-state index contributed by atoms with van der Waals surface area (Å²) in [5, 5.41) is 1.80. The van der Waals surface area contributed by atoms with Gasteiger partial charge in [-0.05, 0) is 50.3 Å². The Morgan fingerprint density at radius 3 is 2.57 bits per heavy atom. The van der Waals surface area contributed by atoms with Crippen molar-refractivity contribution < 1.29 is 4.79 Å². The van der Waals surface area contributed by atoms with Crippen molar-refractivity contribution in [3.05, 3.63) is 52.1 Å². The van der Waals surface area contributed by atoms with E-state index in [-0.39, 0.29) is 5.91 Å². The van der Waals surface area contributed by atoms with Gasteiger partial charge >= 0.3 is 0 Å². The fourth-order valence-corrected chi connectivity index (χ4v) is 5.89. The lowest BCUT2D eigenvalue weighted by Crippen LogP contribution is -2.36. The number of thiazole rings is 1. The van der Waals surface area contributed by atoms with Crippen LogP contribution in [0.25, 0.3) is 10.2 Å². The third-order valence-electron chi connectivity index (χ3n) is 6.17. The molecule has 0 N–H and O–H groups in total. The van der Waals surface area contributed by atoms with Crippen LogP contribution in [0.4, 0.5) is 5.82 Å². The Kier molecular flexibility index (Phi) is 5.61. The number of piperidine rings is 2. The quantitative estimate of drug-likeness (QED) is 0.550. The van der Waals surface area contributed by atoms with Gasteiger partial charge in [-0.3, -0.25) is 4.79 Å². The van der Waals surface area contributed by atoms with E-state index in [2.05, 4.69) is 28.1 Å². The number of hydrogen-bond donors (Lipinski definition) is 0. The van der Waals surface area contributed by atoms with Crippen molar-refractivity contribution in [2.24, 2.45) is 0 Å². The number of fused-ring (bicyclic) bond motifs is 1. The van der Waals surface area contributed by atoms with Crippen LogP contribution < -0.4 is 4.90 Å². The maximum atomic E-state index is 12.7. The van der Waals surface area contributed by atoms with Crippen LogP contribution in [0.2, 0.25) is 5.02 Å². The van der Waals surface area contributed by atoms with Crippen molar-refractivity contribution >= 4 is 44.9 Å². The molecule has 5 rings (SSSR count). The van der Waals surface area contributed by atoms with Crippen LogP contribution in [0, 0.1) is 0 Å². The molecule has 0 saturated carbocycles. The Bertz CT molecular complexity index is 1020. The van der Waals surface area contributed by atoms with E-state index in [0.29, 0.717) is 16.5 Å². The number of para-hydroxylation sites is 1. The Balaban J connectivity index is 1.26. The first-order chi connectivity index (χ1) is 14.7. The van der Waals surface area contributed by atoms with Crippen LogP contribution in [-0.4, -0.2) is 47.0 Å². The molecule has 1 aromatic carbocycles. The average Bonchev–Trinajstić information content (AvgIpc) is 3.24. The fourth-order valence-electron chi connectivity index (χ4n) is 4.46. The molecule has 2 aliphatic heterocycles. The summed E-state index contributed by atoms with van der Waals surface area (Å²) < 4.78 is 1.26. The van der Waals surface area contributed by atoms with E-state index >= 15 is 0 Å². The third kappa shape index (κ3) is 3.91. The Labute approximate surface area is 185 Å². The van der Waals surface area contributed by atoms with Gasteiger partial charge in [-0.15, -0.1) is 11.3 Å². The highest BCUT2D eigenvalue weighted by molar-refractivity contribution is 7.18. The molecule has 30 heavy (non-hydrogen) atoms. The Morgan fingerprint density at radius 1 is 1.07 bits per heavy atom. The molecule has 5 nitrogen and oxygen atoms in total. The smallest absolute Gasteiger partial charge is 0.255 e. The second kappa shape index (κ2) is 8.52. The highest BCUT2D eigenvalue weighted by Crippen LogP contribution is 2.36. The molecular formula is C23H25ClN4OS. The van der Waals surface area contributed by atoms with Gasteiger partial charge in [-0.25, -0.2) is 9.97 Å². The monoisotopic (exact) mass is 440 g/mol. The Morgan fingerprint density at radius 2 is 1.83 bits per heavy atom. The maximum absolute atomic E-state index is 12.7. The van der Waals surface area contributed by atoms with Crippen molar-refractivity contribution in [2.75, 3.05) is 31.1 Å². The number of aromatic nitrogens is 2. The van der Waals surface area contributed by atoms with Crippen LogP contribution in [0.5, 0.6) is 0 Å². The zero-order chi connectivity index (χ0) is 20.5. The number of benzene rings is 1. The summed E-state index contributed by atoms with van der Waals surface area (Å²) in [6.07, 6.45) is 7.12. The molecule has 0 unspecified atom stereocenters. The molecule has 156 valence electrons. The zero-order valence-electron chi connectivity index (χ0n) is 16.9. The van der Waals surface area contributed by atoms with Gasteiger partial charge in [0.2, 0.25) is 0 Å². The summed E-state index contributed by atoms with van der Waals surface area (Å²) in [5.41, 5.74) is 1.69. The Hall–Kier alpha value is -2.18. The second-order valence-corrected chi connectivity index (χ2v) is 9.63. The molecular weight excluding hydrogens is 416 g/mol. The summed E-state index contributed by atoms with van der Waals surface area (Å²) in [7, 11) is 0. The van der Waals surface area contributed by atoms with Crippen LogP contribution in [0.1, 0.15) is 53.4 Å². The number of halogens is 1. The summed E-state index contributed by atoms with van der Waals surface area (Å²) in [4.78, 5) is 26.3. The van der Waals surface area contributed by atoms with Crippen molar-refractivity contribution in [1.29, 1.82) is 0 Å². The molecule has 2 saturated heterocycles. The molecule has 2 fully saturated rings. The highest BCUT2D eigenvalue weighted by atomic mass is 35.5. The van der Waals surface area contributed by atoms with E-state index in [1.54, 1.807) is 12.3 Å². The number of likely N-dealkylation sites (tertiary alicyclic amines) is 1. The average molecular weight is 441 g/mol. The predicted octanol–water partition coefficient (Wildman–Crippen LogP) is 5.35. The molecule has 3 aromatic rings. The van der Waals surface area contributed by atoms with E-state index in [1.807, 2.05) is 22.3 Å². The van der Waals surface area contributed by atoms with Crippen molar-refractivity contribution in [2.45, 2.75) is 38.0 Å². The van der Waals surface area contributed by atoms with Gasteiger partial charge in [0.1, 0.15) is 5.82 Å². The first-order valence-electron chi connectivity index (χ1n) is 10.7. The van der Waals surface area contributed by atoms with Gasteiger partial charge in [-0.1, -0.05) is 23.7 Å². The molecule has 4 heterocycles. The largest absolute Gasteiger partial charge is 0.355 e. The maximum Gasteiger partial charge on any atom is 0.255 e. The van der Waals surface area contributed by atoms with Crippen LogP contribution in [0.3, 0.4) is 0 Å². The molecule has 0 spiro atoms. The number of carbonyl (C=O) groups excluding carboxylic acids is 1. The molecule has 2 aromatic heterocycles. The number of carbonyl (C=O) groups is 1. The predicted molar refractivity (Wildman–Crippen MR) is 123 cm³/mol. The number of amides is 1. The number of nitrogens with zero attached hydrogens (tertiary/aromatic N) is 4. The van der Waals surface area contributed by atoms with E-state index in [1.165, 1.54) is 16.1 Å². The van der Waals surface area contributed by atoms with Gasteiger partial charge in [0, 0.05) is 38.3 Å². The third-order valence-corrected chi connectivity index (χ3v) is 7.64. The molecule has 0 aliphatic carbocycles. The molecule has 7 heteroatoms. The fraction of sp³-hybridized carbons (Fsp3) is 0.435. The minimum Gasteiger partial charge on any atom is -0.355 e. The lowest BCUT2D eigenvalue weighted by atomic mass is 9.97. The number of rotatable bonds is 3. The van der Waals surface area contributed by atoms with Crippen molar-refractivity contribution in [3.8, 4) is 0 Å². The van der Waals surface area contributed by atoms with Gasteiger partial charge in [-0.2, -0.15) is 0 Å². The van der Waals surface area contributed by atoms with Crippen LogP contribution in [0.15, 0.2) is 36.5 Å². The summed E-state index contributed by atoms with van der Waals surface area (Å²) >= 11 is 8.38. The van der Waals surface area contributed by atoms with Gasteiger partial charge in [0.25, 0.3) is 5.91 Å². The topological polar surface area (TPSA) is 49.3 Å². The molecule has 0 bridgehead atoms. The van der Waals surface area contributed by atoms with E-state index in [9.17, 15) is 4.79 Å². The standard InChI is InChI=1S/C23H25ClN4OS/c24-18-14-17(23(29)28-10-4-1-5-11-28)15-25-21(18)27-12-8-16(9-13-27)22-26-19-6-2-3-7-20(19)30-22/h2-3,6-7,14-16H,1,4-5,8-13H2. The van der Waals surface area contributed by atoms with E-state index < -0.39 is 0 Å². The van der Waals surface area contributed by atoms with Crippen LogP contribution in [-0.2, 0) is 0 Å². The van der Waals surface area contributed by atoms with Crippen molar-refractivity contribution in [3.63, 3.8) is 0 Å². The van der Waals surface area contributed by atoms with E-state index in [0.717, 1.165) is 63.2 Å². The summed E-state index contributed by atoms with van der Waals surface area (Å²) in [6, 6.07) is 10.1. The lowest BCUT2D eigenvalue weighted by molar-refractivity contribution is 0.0724. The highest BCUT2D eigenvalue weighted by Gasteiger charge is 2.26. The number of anilines is 1. The van der Waals surface area contributed by atoms with Crippen molar-refractivity contribution in [1.82, 2.24) is 14.9 Å². The molecule has 2 aliphatic rings. The zero-order valence-corrected chi connectivity index (χ0v) is 18.5.